The molecule has 2 aliphatic rings. The van der Waals surface area contributed by atoms with E-state index in [0.29, 0.717) is 18.8 Å². The van der Waals surface area contributed by atoms with Crippen LogP contribution in [0.1, 0.15) is 25.0 Å². The molecule has 1 amide bonds. The van der Waals surface area contributed by atoms with Gasteiger partial charge in [0.1, 0.15) is 5.54 Å². The number of aliphatic carboxylic acids is 1. The number of thiocarbonyl (C=S) groups is 1. The van der Waals surface area contributed by atoms with Crippen LogP contribution < -0.4 is 14.7 Å². The largest absolute Gasteiger partial charge is 0.481 e. The molecular formula is C23H19F3N4O3S. The number of nitrogens with zero attached hydrogens (tertiary/aromatic N) is 4. The maximum Gasteiger partial charge on any atom is 0.417 e. The van der Waals surface area contributed by atoms with Gasteiger partial charge in [0.2, 0.25) is 0 Å². The van der Waals surface area contributed by atoms with Gasteiger partial charge in [0.25, 0.3) is 5.91 Å². The first-order valence-corrected chi connectivity index (χ1v) is 10.6. The van der Waals surface area contributed by atoms with Crippen LogP contribution in [0.3, 0.4) is 0 Å². The molecule has 4 rings (SSSR count). The highest BCUT2D eigenvalue weighted by molar-refractivity contribution is 7.81. The summed E-state index contributed by atoms with van der Waals surface area (Å²) in [7, 11) is 0. The highest BCUT2D eigenvalue weighted by Crippen LogP contribution is 2.40. The van der Waals surface area contributed by atoms with Gasteiger partial charge in [-0.2, -0.15) is 18.4 Å². The van der Waals surface area contributed by atoms with Gasteiger partial charge in [-0.25, -0.2) is 0 Å². The fourth-order valence-electron chi connectivity index (χ4n) is 4.12. The lowest BCUT2D eigenvalue weighted by Crippen LogP contribution is -2.50. The van der Waals surface area contributed by atoms with Crippen molar-refractivity contribution >= 4 is 46.3 Å². The maximum atomic E-state index is 13.5. The number of alkyl halides is 3. The standard InChI is InChI=1S/C23H19F3N4O3S/c1-22(2)20(33)29(17-4-3-13(10-27)18(9-17)23(24,25)26)21(34)30(22)16-7-5-15(6-8-16)28-11-14(12-28)19(31)32/h3-9,14H,11-12H2,1-2H3,(H,31,32). The molecule has 0 radical (unpaired) electrons. The summed E-state index contributed by atoms with van der Waals surface area (Å²) in [5.74, 6) is -1.76. The van der Waals surface area contributed by atoms with E-state index >= 15 is 0 Å². The molecule has 2 saturated heterocycles. The van der Waals surface area contributed by atoms with Crippen LogP contribution in [0.15, 0.2) is 42.5 Å². The molecule has 2 fully saturated rings. The Balaban J connectivity index is 1.65. The molecule has 2 aromatic rings. The lowest BCUT2D eigenvalue weighted by molar-refractivity contribution is -0.142. The van der Waals surface area contributed by atoms with E-state index in [-0.39, 0.29) is 10.8 Å². The summed E-state index contributed by atoms with van der Waals surface area (Å²) in [6.45, 7) is 4.04. The third-order valence-corrected chi connectivity index (χ3v) is 6.42. The van der Waals surface area contributed by atoms with Crippen molar-refractivity contribution in [2.24, 2.45) is 5.92 Å². The third kappa shape index (κ3) is 3.74. The number of carboxylic acids is 1. The van der Waals surface area contributed by atoms with E-state index in [1.54, 1.807) is 43.0 Å². The van der Waals surface area contributed by atoms with Crippen molar-refractivity contribution in [3.05, 3.63) is 53.6 Å². The smallest absolute Gasteiger partial charge is 0.417 e. The molecule has 34 heavy (non-hydrogen) atoms. The van der Waals surface area contributed by atoms with Crippen LogP contribution in [0.25, 0.3) is 0 Å². The fraction of sp³-hybridized carbons (Fsp3) is 0.304. The first-order valence-electron chi connectivity index (χ1n) is 10.2. The molecule has 0 unspecified atom stereocenters. The molecule has 2 aliphatic heterocycles. The molecule has 0 saturated carbocycles. The second-order valence-corrected chi connectivity index (χ2v) is 8.98. The van der Waals surface area contributed by atoms with Gasteiger partial charge in [-0.15, -0.1) is 0 Å². The second kappa shape index (κ2) is 7.99. The van der Waals surface area contributed by atoms with Crippen LogP contribution in [0, 0.1) is 17.2 Å². The number of nitriles is 1. The number of anilines is 3. The van der Waals surface area contributed by atoms with E-state index < -0.39 is 40.6 Å². The van der Waals surface area contributed by atoms with Gasteiger partial charge in [0.15, 0.2) is 5.11 Å². The van der Waals surface area contributed by atoms with Gasteiger partial charge in [-0.3, -0.25) is 14.5 Å². The third-order valence-electron chi connectivity index (χ3n) is 6.06. The number of amides is 1. The summed E-state index contributed by atoms with van der Waals surface area (Å²) < 4.78 is 40.4. The van der Waals surface area contributed by atoms with Crippen LogP contribution >= 0.6 is 12.2 Å². The molecule has 0 aromatic heterocycles. The van der Waals surface area contributed by atoms with Crippen molar-refractivity contribution in [2.45, 2.75) is 25.6 Å². The molecule has 2 heterocycles. The van der Waals surface area contributed by atoms with Gasteiger partial charge < -0.3 is 14.9 Å². The summed E-state index contributed by atoms with van der Waals surface area (Å²) in [5, 5.41) is 18.1. The van der Waals surface area contributed by atoms with Gasteiger partial charge >= 0.3 is 12.1 Å². The van der Waals surface area contributed by atoms with Crippen molar-refractivity contribution in [3.8, 4) is 6.07 Å². The highest BCUT2D eigenvalue weighted by Gasteiger charge is 2.50. The zero-order chi connectivity index (χ0) is 25.0. The van der Waals surface area contributed by atoms with Crippen LogP contribution in [-0.4, -0.2) is 40.7 Å². The van der Waals surface area contributed by atoms with Gasteiger partial charge in [0.05, 0.1) is 28.8 Å². The highest BCUT2D eigenvalue weighted by atomic mass is 32.1. The topological polar surface area (TPSA) is 87.9 Å². The molecule has 0 spiro atoms. The Morgan fingerprint density at radius 1 is 1.12 bits per heavy atom. The number of carbonyl (C=O) groups excluding carboxylic acids is 1. The number of benzene rings is 2. The van der Waals surface area contributed by atoms with Crippen LogP contribution in [0.2, 0.25) is 0 Å². The Hall–Kier alpha value is -3.65. The number of rotatable bonds is 4. The molecule has 7 nitrogen and oxygen atoms in total. The predicted molar refractivity (Wildman–Crippen MR) is 123 cm³/mol. The monoisotopic (exact) mass is 488 g/mol. The molecule has 0 bridgehead atoms. The van der Waals surface area contributed by atoms with E-state index in [1.165, 1.54) is 12.1 Å². The van der Waals surface area contributed by atoms with E-state index in [4.69, 9.17) is 22.6 Å². The van der Waals surface area contributed by atoms with Crippen molar-refractivity contribution in [2.75, 3.05) is 27.8 Å². The SMILES string of the molecule is CC1(C)C(=O)N(c2ccc(C#N)c(C(F)(F)F)c2)C(=S)N1c1ccc(N2CC(C(=O)O)C2)cc1. The molecule has 2 aromatic carbocycles. The van der Waals surface area contributed by atoms with Crippen LogP contribution in [0.4, 0.5) is 30.2 Å². The van der Waals surface area contributed by atoms with Gasteiger partial charge in [0, 0.05) is 24.5 Å². The average molecular weight is 488 g/mol. The minimum Gasteiger partial charge on any atom is -0.481 e. The van der Waals surface area contributed by atoms with Crippen LogP contribution in [0.5, 0.6) is 0 Å². The minimum absolute atomic E-state index is 0.00970. The Kier molecular flexibility index (Phi) is 5.52. The lowest BCUT2D eigenvalue weighted by Gasteiger charge is -2.39. The van der Waals surface area contributed by atoms with Gasteiger partial charge in [-0.1, -0.05) is 0 Å². The van der Waals surface area contributed by atoms with Crippen molar-refractivity contribution in [3.63, 3.8) is 0 Å². The van der Waals surface area contributed by atoms with Crippen molar-refractivity contribution in [1.82, 2.24) is 0 Å². The van der Waals surface area contributed by atoms with E-state index in [1.807, 2.05) is 4.90 Å². The Labute approximate surface area is 198 Å². The number of halogens is 3. The molecule has 11 heteroatoms. The zero-order valence-electron chi connectivity index (χ0n) is 18.1. The summed E-state index contributed by atoms with van der Waals surface area (Å²) in [6, 6.07) is 11.6. The molecule has 1 N–H and O–H groups in total. The second-order valence-electron chi connectivity index (χ2n) is 8.61. The number of hydrogen-bond acceptors (Lipinski definition) is 5. The number of carbonyl (C=O) groups is 2. The first-order chi connectivity index (χ1) is 15.9. The van der Waals surface area contributed by atoms with Crippen molar-refractivity contribution in [1.29, 1.82) is 5.26 Å². The van der Waals surface area contributed by atoms with E-state index in [0.717, 1.165) is 22.7 Å². The quantitative estimate of drug-likeness (QED) is 0.651. The average Bonchev–Trinajstić information content (AvgIpc) is 2.90. The maximum absolute atomic E-state index is 13.5. The summed E-state index contributed by atoms with van der Waals surface area (Å²) >= 11 is 5.52. The van der Waals surface area contributed by atoms with Crippen LogP contribution in [-0.2, 0) is 15.8 Å². The molecular weight excluding hydrogens is 469 g/mol. The number of hydrogen-bond donors (Lipinski definition) is 1. The number of carboxylic acid groups (broad SMARTS) is 1. The first kappa shape index (κ1) is 23.5. The summed E-state index contributed by atoms with van der Waals surface area (Å²) in [4.78, 5) is 28.8. The van der Waals surface area contributed by atoms with E-state index in [2.05, 4.69) is 0 Å². The minimum atomic E-state index is -4.77. The Morgan fingerprint density at radius 2 is 1.68 bits per heavy atom. The predicted octanol–water partition coefficient (Wildman–Crippen LogP) is 4.01. The zero-order valence-corrected chi connectivity index (χ0v) is 18.9. The Morgan fingerprint density at radius 3 is 2.21 bits per heavy atom. The molecule has 176 valence electrons. The fourth-order valence-corrected chi connectivity index (χ4v) is 4.64. The lowest BCUT2D eigenvalue weighted by atomic mass is 9.99. The van der Waals surface area contributed by atoms with Gasteiger partial charge in [-0.05, 0) is 68.5 Å². The summed E-state index contributed by atoms with van der Waals surface area (Å²) in [5.41, 5.74) is -1.57. The molecule has 0 atom stereocenters. The van der Waals surface area contributed by atoms with Crippen molar-refractivity contribution < 1.29 is 27.9 Å². The molecule has 0 aliphatic carbocycles. The Bertz CT molecular complexity index is 1230. The van der Waals surface area contributed by atoms with E-state index in [9.17, 15) is 22.8 Å². The normalized spacial score (nSPS) is 18.2. The summed E-state index contributed by atoms with van der Waals surface area (Å²) in [6.07, 6.45) is -4.77.